The number of methoxy groups -OCH3 is 1. The minimum atomic E-state index is -0.413. The lowest BCUT2D eigenvalue weighted by Gasteiger charge is -2.07. The lowest BCUT2D eigenvalue weighted by molar-refractivity contribution is 0.0904. The van der Waals surface area contributed by atoms with Crippen molar-refractivity contribution in [3.63, 3.8) is 0 Å². The van der Waals surface area contributed by atoms with E-state index in [1.54, 1.807) is 18.2 Å². The van der Waals surface area contributed by atoms with Gasteiger partial charge in [0.15, 0.2) is 5.78 Å². The van der Waals surface area contributed by atoms with Gasteiger partial charge in [-0.2, -0.15) is 0 Å². The van der Waals surface area contributed by atoms with Gasteiger partial charge in [-0.3, -0.25) is 9.59 Å². The van der Waals surface area contributed by atoms with Crippen LogP contribution in [0.5, 0.6) is 5.75 Å². The van der Waals surface area contributed by atoms with Crippen molar-refractivity contribution >= 4 is 27.6 Å². The van der Waals surface area contributed by atoms with Crippen LogP contribution in [0.1, 0.15) is 20.7 Å². The van der Waals surface area contributed by atoms with Gasteiger partial charge in [-0.25, -0.2) is 4.39 Å². The Kier molecular flexibility index (Phi) is 5.27. The quantitative estimate of drug-likeness (QED) is 0.827. The van der Waals surface area contributed by atoms with Gasteiger partial charge in [0, 0.05) is 11.1 Å². The topological polar surface area (TPSA) is 55.4 Å². The predicted octanol–water partition coefficient (Wildman–Crippen LogP) is 3.21. The SMILES string of the molecule is COc1ccc(C(=O)NCC(=O)c2ccc(F)cc2)cc1Br. The van der Waals surface area contributed by atoms with E-state index in [2.05, 4.69) is 21.2 Å². The zero-order valence-electron chi connectivity index (χ0n) is 11.7. The molecule has 0 aromatic heterocycles. The zero-order chi connectivity index (χ0) is 16.1. The maximum atomic E-state index is 12.8. The number of hydrogen-bond donors (Lipinski definition) is 1. The number of carbonyl (C=O) groups is 2. The molecule has 6 heteroatoms. The van der Waals surface area contributed by atoms with Crippen LogP contribution in [0.2, 0.25) is 0 Å². The second-order valence-electron chi connectivity index (χ2n) is 4.46. The van der Waals surface area contributed by atoms with E-state index in [-0.39, 0.29) is 18.2 Å². The Morgan fingerprint density at radius 1 is 1.14 bits per heavy atom. The van der Waals surface area contributed by atoms with E-state index in [1.165, 1.54) is 31.4 Å². The largest absolute Gasteiger partial charge is 0.496 e. The van der Waals surface area contributed by atoms with E-state index < -0.39 is 5.82 Å². The minimum Gasteiger partial charge on any atom is -0.496 e. The summed E-state index contributed by atoms with van der Waals surface area (Å²) in [6.07, 6.45) is 0. The van der Waals surface area contributed by atoms with Crippen molar-refractivity contribution in [2.45, 2.75) is 0 Å². The standard InChI is InChI=1S/C16H13BrFNO3/c1-22-15-7-4-11(8-13(15)17)16(21)19-9-14(20)10-2-5-12(18)6-3-10/h2-8H,9H2,1H3,(H,19,21). The number of amides is 1. The van der Waals surface area contributed by atoms with Crippen LogP contribution in [-0.4, -0.2) is 25.3 Å². The summed E-state index contributed by atoms with van der Waals surface area (Å²) < 4.78 is 18.5. The maximum Gasteiger partial charge on any atom is 0.251 e. The first-order valence-corrected chi connectivity index (χ1v) is 7.21. The molecule has 0 aliphatic carbocycles. The molecule has 1 N–H and O–H groups in total. The first-order valence-electron chi connectivity index (χ1n) is 6.42. The number of hydrogen-bond acceptors (Lipinski definition) is 3. The molecule has 2 aromatic rings. The van der Waals surface area contributed by atoms with Gasteiger partial charge < -0.3 is 10.1 Å². The van der Waals surface area contributed by atoms with Crippen LogP contribution in [0.4, 0.5) is 4.39 Å². The van der Waals surface area contributed by atoms with Crippen LogP contribution >= 0.6 is 15.9 Å². The highest BCUT2D eigenvalue weighted by Gasteiger charge is 2.11. The van der Waals surface area contributed by atoms with Crippen molar-refractivity contribution in [3.8, 4) is 5.75 Å². The summed E-state index contributed by atoms with van der Waals surface area (Å²) in [5, 5.41) is 2.53. The molecule has 4 nitrogen and oxygen atoms in total. The zero-order valence-corrected chi connectivity index (χ0v) is 13.3. The molecule has 0 atom stereocenters. The molecule has 1 amide bonds. The molecule has 0 spiro atoms. The van der Waals surface area contributed by atoms with E-state index in [9.17, 15) is 14.0 Å². The number of nitrogens with one attached hydrogen (secondary N) is 1. The van der Waals surface area contributed by atoms with Crippen molar-refractivity contribution in [2.75, 3.05) is 13.7 Å². The fourth-order valence-electron chi connectivity index (χ4n) is 1.81. The predicted molar refractivity (Wildman–Crippen MR) is 83.8 cm³/mol. The van der Waals surface area contributed by atoms with Gasteiger partial charge in [0.1, 0.15) is 11.6 Å². The molecule has 0 aliphatic rings. The molecule has 0 saturated heterocycles. The summed E-state index contributed by atoms with van der Waals surface area (Å²) in [5.41, 5.74) is 0.747. The van der Waals surface area contributed by atoms with E-state index in [1.807, 2.05) is 0 Å². The second kappa shape index (κ2) is 7.17. The molecule has 114 valence electrons. The average molecular weight is 366 g/mol. The molecule has 22 heavy (non-hydrogen) atoms. The molecule has 0 saturated carbocycles. The second-order valence-corrected chi connectivity index (χ2v) is 5.32. The Balaban J connectivity index is 1.99. The number of carbonyl (C=O) groups excluding carboxylic acids is 2. The highest BCUT2D eigenvalue weighted by atomic mass is 79.9. The molecule has 0 fully saturated rings. The molecule has 0 heterocycles. The molecular weight excluding hydrogens is 353 g/mol. The van der Waals surface area contributed by atoms with E-state index in [4.69, 9.17) is 4.74 Å². The van der Waals surface area contributed by atoms with Crippen LogP contribution in [0, 0.1) is 5.82 Å². The Hall–Kier alpha value is -2.21. The van der Waals surface area contributed by atoms with Gasteiger partial charge in [-0.1, -0.05) is 0 Å². The van der Waals surface area contributed by atoms with Crippen molar-refractivity contribution in [3.05, 3.63) is 63.9 Å². The average Bonchev–Trinajstić information content (AvgIpc) is 2.52. The third kappa shape index (κ3) is 3.92. The van der Waals surface area contributed by atoms with Crippen molar-refractivity contribution in [1.29, 1.82) is 0 Å². The number of benzene rings is 2. The summed E-state index contributed by atoms with van der Waals surface area (Å²) in [4.78, 5) is 23.9. The molecule has 0 aliphatic heterocycles. The van der Waals surface area contributed by atoms with Crippen molar-refractivity contribution in [2.24, 2.45) is 0 Å². The lowest BCUT2D eigenvalue weighted by atomic mass is 10.1. The Bertz CT molecular complexity index is 701. The van der Waals surface area contributed by atoms with Crippen LogP contribution in [0.3, 0.4) is 0 Å². The number of ether oxygens (including phenoxy) is 1. The fraction of sp³-hybridized carbons (Fsp3) is 0.125. The van der Waals surface area contributed by atoms with Crippen LogP contribution in [0.15, 0.2) is 46.9 Å². The lowest BCUT2D eigenvalue weighted by Crippen LogP contribution is -2.29. The maximum absolute atomic E-state index is 12.8. The molecule has 2 rings (SSSR count). The number of rotatable bonds is 5. The smallest absolute Gasteiger partial charge is 0.251 e. The van der Waals surface area contributed by atoms with E-state index in [0.29, 0.717) is 21.3 Å². The normalized spacial score (nSPS) is 10.1. The Morgan fingerprint density at radius 2 is 1.77 bits per heavy atom. The monoisotopic (exact) mass is 365 g/mol. The van der Waals surface area contributed by atoms with Crippen LogP contribution in [0.25, 0.3) is 0 Å². The van der Waals surface area contributed by atoms with E-state index >= 15 is 0 Å². The van der Waals surface area contributed by atoms with Gasteiger partial charge in [0.05, 0.1) is 18.1 Å². The Labute approximate surface area is 135 Å². The van der Waals surface area contributed by atoms with Gasteiger partial charge in [-0.05, 0) is 58.4 Å². The van der Waals surface area contributed by atoms with Crippen LogP contribution in [-0.2, 0) is 0 Å². The van der Waals surface area contributed by atoms with Gasteiger partial charge in [-0.15, -0.1) is 0 Å². The highest BCUT2D eigenvalue weighted by molar-refractivity contribution is 9.10. The highest BCUT2D eigenvalue weighted by Crippen LogP contribution is 2.25. The summed E-state index contributed by atoms with van der Waals surface area (Å²) in [7, 11) is 1.53. The molecule has 0 bridgehead atoms. The minimum absolute atomic E-state index is 0.159. The Morgan fingerprint density at radius 3 is 2.36 bits per heavy atom. The molecular formula is C16H13BrFNO3. The molecule has 0 radical (unpaired) electrons. The van der Waals surface area contributed by atoms with Crippen molar-refractivity contribution < 1.29 is 18.7 Å². The van der Waals surface area contributed by atoms with Gasteiger partial charge in [0.25, 0.3) is 5.91 Å². The summed E-state index contributed by atoms with van der Waals surface area (Å²) in [6, 6.07) is 10.0. The first-order chi connectivity index (χ1) is 10.5. The number of ketones is 1. The number of halogens is 2. The van der Waals surface area contributed by atoms with Crippen molar-refractivity contribution in [1.82, 2.24) is 5.32 Å². The fourth-order valence-corrected chi connectivity index (χ4v) is 2.35. The third-order valence-corrected chi connectivity index (χ3v) is 3.61. The van der Waals surface area contributed by atoms with Crippen LogP contribution < -0.4 is 10.1 Å². The van der Waals surface area contributed by atoms with E-state index in [0.717, 1.165) is 0 Å². The first kappa shape index (κ1) is 16.2. The molecule has 2 aromatic carbocycles. The van der Waals surface area contributed by atoms with Gasteiger partial charge in [0.2, 0.25) is 0 Å². The third-order valence-electron chi connectivity index (χ3n) is 2.99. The molecule has 0 unspecified atom stereocenters. The summed E-state index contributed by atoms with van der Waals surface area (Å²) in [5.74, 6) is -0.470. The van der Waals surface area contributed by atoms with Gasteiger partial charge >= 0.3 is 0 Å². The summed E-state index contributed by atoms with van der Waals surface area (Å²) >= 11 is 3.29. The number of Topliss-reactive ketones (excluding diaryl/α,β-unsaturated/α-hetero) is 1. The summed E-state index contributed by atoms with van der Waals surface area (Å²) in [6.45, 7) is -0.159.